The molecule has 1 aromatic carbocycles. The predicted molar refractivity (Wildman–Crippen MR) is 65.6 cm³/mol. The first-order valence-corrected chi connectivity index (χ1v) is 6.09. The Balaban J connectivity index is 2.01. The van der Waals surface area contributed by atoms with Gasteiger partial charge in [0.15, 0.2) is 0 Å². The van der Waals surface area contributed by atoms with Crippen LogP contribution in [-0.2, 0) is 0 Å². The van der Waals surface area contributed by atoms with Crippen molar-refractivity contribution in [3.63, 3.8) is 0 Å². The van der Waals surface area contributed by atoms with Crippen molar-refractivity contribution in [1.82, 2.24) is 4.90 Å². The molecule has 0 amide bonds. The molecular weight excluding hydrogens is 217 g/mol. The third kappa shape index (κ3) is 1.95. The third-order valence-corrected chi connectivity index (χ3v) is 3.70. The normalized spacial score (nSPS) is 18.9. The summed E-state index contributed by atoms with van der Waals surface area (Å²) in [6.07, 6.45) is 3.80. The zero-order valence-electron chi connectivity index (χ0n) is 9.95. The second-order valence-corrected chi connectivity index (χ2v) is 4.91. The van der Waals surface area contributed by atoms with Crippen molar-refractivity contribution in [3.05, 3.63) is 35.8 Å². The fourth-order valence-electron chi connectivity index (χ4n) is 2.69. The molecule has 0 atom stereocenters. The van der Waals surface area contributed by atoms with E-state index in [0.29, 0.717) is 5.92 Å². The van der Waals surface area contributed by atoms with Gasteiger partial charge < -0.3 is 9.32 Å². The molecule has 3 heteroatoms. The number of piperidine rings is 1. The van der Waals surface area contributed by atoms with Gasteiger partial charge in [-0.3, -0.25) is 0 Å². The summed E-state index contributed by atoms with van der Waals surface area (Å²) in [7, 11) is 2.13. The van der Waals surface area contributed by atoms with E-state index < -0.39 is 0 Å². The maximum atomic E-state index is 13.6. The van der Waals surface area contributed by atoms with Crippen LogP contribution in [0.5, 0.6) is 0 Å². The molecule has 0 N–H and O–H groups in total. The maximum absolute atomic E-state index is 13.6. The van der Waals surface area contributed by atoms with Gasteiger partial charge in [0, 0.05) is 10.9 Å². The summed E-state index contributed by atoms with van der Waals surface area (Å²) in [6, 6.07) is 5.01. The van der Waals surface area contributed by atoms with E-state index in [4.69, 9.17) is 4.42 Å². The van der Waals surface area contributed by atoms with E-state index >= 15 is 0 Å². The van der Waals surface area contributed by atoms with Gasteiger partial charge in [-0.1, -0.05) is 0 Å². The molecule has 0 spiro atoms. The van der Waals surface area contributed by atoms with Gasteiger partial charge in [-0.15, -0.1) is 0 Å². The first-order chi connectivity index (χ1) is 8.24. The largest absolute Gasteiger partial charge is 0.464 e. The number of hydrogen-bond donors (Lipinski definition) is 0. The SMILES string of the molecule is CN1CCC(c2cc(F)cc3ccoc23)CC1. The van der Waals surface area contributed by atoms with Crippen LogP contribution in [0.1, 0.15) is 24.3 Å². The molecule has 1 aromatic heterocycles. The minimum atomic E-state index is -0.159. The molecule has 1 fully saturated rings. The topological polar surface area (TPSA) is 16.4 Å². The van der Waals surface area contributed by atoms with Crippen molar-refractivity contribution in [1.29, 1.82) is 0 Å². The Labute approximate surface area is 100 Å². The number of fused-ring (bicyclic) bond motifs is 1. The second-order valence-electron chi connectivity index (χ2n) is 4.91. The van der Waals surface area contributed by atoms with Crippen molar-refractivity contribution in [2.45, 2.75) is 18.8 Å². The van der Waals surface area contributed by atoms with E-state index in [1.807, 2.05) is 6.07 Å². The van der Waals surface area contributed by atoms with Gasteiger partial charge >= 0.3 is 0 Å². The molecule has 3 rings (SSSR count). The van der Waals surface area contributed by atoms with E-state index in [1.165, 1.54) is 6.07 Å². The first-order valence-electron chi connectivity index (χ1n) is 6.09. The average molecular weight is 233 g/mol. The number of rotatable bonds is 1. The standard InChI is InChI=1S/C14H16FNO/c1-16-5-2-10(3-6-16)13-9-12(15)8-11-4-7-17-14(11)13/h4,7-10H,2-3,5-6H2,1H3. The Morgan fingerprint density at radius 2 is 2.06 bits per heavy atom. The van der Waals surface area contributed by atoms with Crippen LogP contribution in [0.15, 0.2) is 28.9 Å². The number of hydrogen-bond acceptors (Lipinski definition) is 2. The minimum absolute atomic E-state index is 0.159. The van der Waals surface area contributed by atoms with Gasteiger partial charge in [0.05, 0.1) is 6.26 Å². The molecule has 2 nitrogen and oxygen atoms in total. The van der Waals surface area contributed by atoms with Crippen molar-refractivity contribution in [2.24, 2.45) is 0 Å². The number of halogens is 1. The summed E-state index contributed by atoms with van der Waals surface area (Å²) in [5.41, 5.74) is 1.90. The maximum Gasteiger partial charge on any atom is 0.137 e. The molecule has 1 saturated heterocycles. The molecule has 2 aromatic rings. The van der Waals surface area contributed by atoms with E-state index in [9.17, 15) is 4.39 Å². The van der Waals surface area contributed by atoms with Crippen LogP contribution in [0.4, 0.5) is 4.39 Å². The van der Waals surface area contributed by atoms with E-state index in [0.717, 1.165) is 42.5 Å². The molecule has 2 heterocycles. The lowest BCUT2D eigenvalue weighted by Crippen LogP contribution is -2.29. The van der Waals surface area contributed by atoms with Gasteiger partial charge in [-0.05, 0) is 57.1 Å². The van der Waals surface area contributed by atoms with Crippen molar-refractivity contribution < 1.29 is 8.81 Å². The fraction of sp³-hybridized carbons (Fsp3) is 0.429. The molecular formula is C14H16FNO. The molecule has 17 heavy (non-hydrogen) atoms. The number of nitrogens with zero attached hydrogens (tertiary/aromatic N) is 1. The van der Waals surface area contributed by atoms with Crippen LogP contribution in [0.25, 0.3) is 11.0 Å². The minimum Gasteiger partial charge on any atom is -0.464 e. The second kappa shape index (κ2) is 4.15. The molecule has 1 aliphatic heterocycles. The van der Waals surface area contributed by atoms with Gasteiger partial charge in [0.25, 0.3) is 0 Å². The quantitative estimate of drug-likeness (QED) is 0.750. The van der Waals surface area contributed by atoms with Crippen molar-refractivity contribution in [2.75, 3.05) is 20.1 Å². The Hall–Kier alpha value is -1.35. The number of furan rings is 1. The summed E-state index contributed by atoms with van der Waals surface area (Å²) in [5, 5.41) is 0.874. The smallest absolute Gasteiger partial charge is 0.137 e. The Bertz CT molecular complexity index is 526. The Morgan fingerprint density at radius 1 is 1.29 bits per heavy atom. The third-order valence-electron chi connectivity index (χ3n) is 3.70. The molecule has 0 aliphatic carbocycles. The monoisotopic (exact) mass is 233 g/mol. The lowest BCUT2D eigenvalue weighted by molar-refractivity contribution is 0.255. The van der Waals surface area contributed by atoms with Crippen LogP contribution in [0, 0.1) is 5.82 Å². The summed E-state index contributed by atoms with van der Waals surface area (Å²) in [4.78, 5) is 2.31. The lowest BCUT2D eigenvalue weighted by atomic mass is 9.88. The highest BCUT2D eigenvalue weighted by Crippen LogP contribution is 2.33. The summed E-state index contributed by atoms with van der Waals surface area (Å²) < 4.78 is 19.1. The first kappa shape index (κ1) is 10.8. The van der Waals surface area contributed by atoms with Crippen molar-refractivity contribution >= 4 is 11.0 Å². The molecule has 0 radical (unpaired) electrons. The van der Waals surface area contributed by atoms with E-state index in [2.05, 4.69) is 11.9 Å². The molecule has 0 bridgehead atoms. The van der Waals surface area contributed by atoms with Gasteiger partial charge in [-0.2, -0.15) is 0 Å². The zero-order valence-corrected chi connectivity index (χ0v) is 9.95. The van der Waals surface area contributed by atoms with E-state index in [-0.39, 0.29) is 5.82 Å². The van der Waals surface area contributed by atoms with Gasteiger partial charge in [0.2, 0.25) is 0 Å². The zero-order chi connectivity index (χ0) is 11.8. The van der Waals surface area contributed by atoms with Gasteiger partial charge in [0.1, 0.15) is 11.4 Å². The van der Waals surface area contributed by atoms with Crippen LogP contribution in [-0.4, -0.2) is 25.0 Å². The average Bonchev–Trinajstić information content (AvgIpc) is 2.77. The summed E-state index contributed by atoms with van der Waals surface area (Å²) >= 11 is 0. The van der Waals surface area contributed by atoms with Crippen LogP contribution in [0.3, 0.4) is 0 Å². The van der Waals surface area contributed by atoms with Crippen LogP contribution < -0.4 is 0 Å². The van der Waals surface area contributed by atoms with E-state index in [1.54, 1.807) is 12.3 Å². The lowest BCUT2D eigenvalue weighted by Gasteiger charge is -2.29. The highest BCUT2D eigenvalue weighted by Gasteiger charge is 2.22. The highest BCUT2D eigenvalue weighted by atomic mass is 19.1. The summed E-state index contributed by atoms with van der Waals surface area (Å²) in [5.74, 6) is 0.267. The fourth-order valence-corrected chi connectivity index (χ4v) is 2.69. The number of likely N-dealkylation sites (tertiary alicyclic amines) is 1. The summed E-state index contributed by atoms with van der Waals surface area (Å²) in [6.45, 7) is 2.15. The molecule has 1 aliphatic rings. The molecule has 0 saturated carbocycles. The number of benzene rings is 1. The highest BCUT2D eigenvalue weighted by molar-refractivity contribution is 5.81. The van der Waals surface area contributed by atoms with Gasteiger partial charge in [-0.25, -0.2) is 4.39 Å². The predicted octanol–water partition coefficient (Wildman–Crippen LogP) is 3.38. The Morgan fingerprint density at radius 3 is 2.82 bits per heavy atom. The van der Waals surface area contributed by atoms with Crippen LogP contribution in [0.2, 0.25) is 0 Å². The Kier molecular flexibility index (Phi) is 2.63. The van der Waals surface area contributed by atoms with Crippen molar-refractivity contribution in [3.8, 4) is 0 Å². The molecule has 0 unspecified atom stereocenters. The molecule has 90 valence electrons. The van der Waals surface area contributed by atoms with Crippen LogP contribution >= 0.6 is 0 Å².